The van der Waals surface area contributed by atoms with Crippen LogP contribution in [0, 0.1) is 5.82 Å². The van der Waals surface area contributed by atoms with E-state index in [-0.39, 0.29) is 18.3 Å². The molecule has 0 aliphatic carbocycles. The SMILES string of the molecule is N[C@@H](Cc1cccc(F)c1)CN1C(=O)c2ccc(-c3ccc(-c4cnn5c4-c4cc(C(=O)O)sc4CCC5)cc3)cc2C1=O. The molecule has 0 radical (unpaired) electrons. The van der Waals surface area contributed by atoms with Gasteiger partial charge in [0.1, 0.15) is 10.7 Å². The van der Waals surface area contributed by atoms with Crippen molar-refractivity contribution >= 4 is 29.1 Å². The Labute approximate surface area is 256 Å². The fourth-order valence-electron chi connectivity index (χ4n) is 6.10. The highest BCUT2D eigenvalue weighted by Gasteiger charge is 2.36. The second-order valence-corrected chi connectivity index (χ2v) is 12.3. The van der Waals surface area contributed by atoms with Crippen LogP contribution < -0.4 is 5.73 Å². The number of carbonyl (C=O) groups excluding carboxylic acids is 2. The number of benzene rings is 3. The summed E-state index contributed by atoms with van der Waals surface area (Å²) in [5, 5.41) is 14.2. The number of carbonyl (C=O) groups is 3. The summed E-state index contributed by atoms with van der Waals surface area (Å²) in [6.45, 7) is 0.786. The molecule has 2 aromatic heterocycles. The molecule has 1 atom stereocenters. The van der Waals surface area contributed by atoms with Gasteiger partial charge < -0.3 is 10.8 Å². The Morgan fingerprint density at radius 3 is 2.45 bits per heavy atom. The maximum absolute atomic E-state index is 13.6. The van der Waals surface area contributed by atoms with Crippen LogP contribution in [0.4, 0.5) is 4.39 Å². The number of fused-ring (bicyclic) bond motifs is 4. The van der Waals surface area contributed by atoms with Crippen LogP contribution in [0.25, 0.3) is 33.5 Å². The van der Waals surface area contributed by atoms with Crippen molar-refractivity contribution in [3.05, 3.63) is 111 Å². The zero-order valence-electron chi connectivity index (χ0n) is 23.5. The van der Waals surface area contributed by atoms with Gasteiger partial charge in [-0.15, -0.1) is 11.3 Å². The Bertz CT molecular complexity index is 1960. The van der Waals surface area contributed by atoms with Gasteiger partial charge in [-0.05, 0) is 71.8 Å². The second kappa shape index (κ2) is 11.0. The van der Waals surface area contributed by atoms with E-state index in [1.165, 1.54) is 28.4 Å². The molecule has 0 fully saturated rings. The summed E-state index contributed by atoms with van der Waals surface area (Å²) in [6.07, 6.45) is 3.85. The summed E-state index contributed by atoms with van der Waals surface area (Å²) in [4.78, 5) is 40.6. The number of amides is 2. The van der Waals surface area contributed by atoms with Gasteiger partial charge >= 0.3 is 5.97 Å². The molecule has 0 saturated heterocycles. The zero-order valence-corrected chi connectivity index (χ0v) is 24.3. The third-order valence-corrected chi connectivity index (χ3v) is 9.37. The van der Waals surface area contributed by atoms with Crippen LogP contribution in [0.15, 0.2) is 79.0 Å². The number of rotatable bonds is 7. The van der Waals surface area contributed by atoms with Crippen molar-refractivity contribution in [3.63, 3.8) is 0 Å². The summed E-state index contributed by atoms with van der Waals surface area (Å²) in [7, 11) is 0. The van der Waals surface area contributed by atoms with E-state index in [1.54, 1.807) is 30.3 Å². The lowest BCUT2D eigenvalue weighted by Crippen LogP contribution is -2.41. The first kappa shape index (κ1) is 27.9. The smallest absolute Gasteiger partial charge is 0.345 e. The van der Waals surface area contributed by atoms with Gasteiger partial charge in [0.25, 0.3) is 11.8 Å². The standard InChI is InChI=1S/C34H27FN4O4S/c35-23-4-1-3-19(13-23)14-24(36)18-38-32(40)25-11-10-22(15-26(25)33(38)41)20-6-8-21(9-7-20)28-17-37-39-12-2-5-29-27(31(28)39)16-30(44-29)34(42)43/h1,3-4,6-11,13,15-17,24H,2,5,12,14,18,36H2,(H,42,43)/t24-/m0/s1. The molecule has 7 rings (SSSR count). The Balaban J connectivity index is 1.13. The number of imide groups is 1. The number of aromatic carboxylic acids is 1. The van der Waals surface area contributed by atoms with Crippen LogP contribution in [0.1, 0.15) is 47.2 Å². The zero-order chi connectivity index (χ0) is 30.5. The minimum Gasteiger partial charge on any atom is -0.477 e. The summed E-state index contributed by atoms with van der Waals surface area (Å²) < 4.78 is 15.5. The third-order valence-electron chi connectivity index (χ3n) is 8.19. The van der Waals surface area contributed by atoms with Crippen molar-refractivity contribution < 1.29 is 23.9 Å². The molecule has 4 heterocycles. The molecule has 2 amide bonds. The van der Waals surface area contributed by atoms with E-state index in [1.807, 2.05) is 41.2 Å². The first-order valence-corrected chi connectivity index (χ1v) is 15.1. The monoisotopic (exact) mass is 606 g/mol. The number of aromatic nitrogens is 2. The molecule has 3 aromatic carbocycles. The van der Waals surface area contributed by atoms with Crippen LogP contribution in [0.2, 0.25) is 0 Å². The second-order valence-electron chi connectivity index (χ2n) is 11.1. The Morgan fingerprint density at radius 2 is 1.68 bits per heavy atom. The number of nitrogens with two attached hydrogens (primary N) is 1. The predicted octanol–water partition coefficient (Wildman–Crippen LogP) is 5.90. The highest BCUT2D eigenvalue weighted by Crippen LogP contribution is 2.41. The summed E-state index contributed by atoms with van der Waals surface area (Å²) in [5.74, 6) is -2.07. The minimum absolute atomic E-state index is 0.0305. The minimum atomic E-state index is -0.926. The van der Waals surface area contributed by atoms with Crippen molar-refractivity contribution in [1.29, 1.82) is 0 Å². The van der Waals surface area contributed by atoms with Gasteiger partial charge in [-0.2, -0.15) is 5.10 Å². The lowest BCUT2D eigenvalue weighted by molar-refractivity contribution is 0.0642. The lowest BCUT2D eigenvalue weighted by atomic mass is 9.96. The Morgan fingerprint density at radius 1 is 0.932 bits per heavy atom. The average Bonchev–Trinajstić information content (AvgIpc) is 3.66. The van der Waals surface area contributed by atoms with Crippen LogP contribution in [0.3, 0.4) is 0 Å². The fraction of sp³-hybridized carbons (Fsp3) is 0.176. The number of carboxylic acids is 1. The molecule has 44 heavy (non-hydrogen) atoms. The van der Waals surface area contributed by atoms with Gasteiger partial charge in [0, 0.05) is 35.1 Å². The molecule has 10 heteroatoms. The molecule has 8 nitrogen and oxygen atoms in total. The largest absolute Gasteiger partial charge is 0.477 e. The first-order valence-electron chi connectivity index (χ1n) is 14.3. The molecular formula is C34H27FN4O4S. The molecule has 5 aromatic rings. The van der Waals surface area contributed by atoms with Gasteiger partial charge in [0.15, 0.2) is 0 Å². The molecule has 0 unspecified atom stereocenters. The Kier molecular flexibility index (Phi) is 6.95. The van der Waals surface area contributed by atoms with Crippen molar-refractivity contribution in [2.24, 2.45) is 5.73 Å². The van der Waals surface area contributed by atoms with E-state index in [2.05, 4.69) is 5.10 Å². The number of thiophene rings is 1. The van der Waals surface area contributed by atoms with Crippen LogP contribution in [-0.4, -0.2) is 50.2 Å². The molecule has 0 saturated carbocycles. The van der Waals surface area contributed by atoms with E-state index in [9.17, 15) is 23.9 Å². The third kappa shape index (κ3) is 4.91. The molecular weight excluding hydrogens is 579 g/mol. The first-order chi connectivity index (χ1) is 21.3. The lowest BCUT2D eigenvalue weighted by Gasteiger charge is -2.19. The van der Waals surface area contributed by atoms with E-state index < -0.39 is 17.9 Å². The molecule has 0 bridgehead atoms. The maximum Gasteiger partial charge on any atom is 0.345 e. The maximum atomic E-state index is 13.6. The van der Waals surface area contributed by atoms with E-state index in [4.69, 9.17) is 5.73 Å². The highest BCUT2D eigenvalue weighted by atomic mass is 32.1. The van der Waals surface area contributed by atoms with Crippen molar-refractivity contribution in [1.82, 2.24) is 14.7 Å². The summed E-state index contributed by atoms with van der Waals surface area (Å²) in [5.41, 5.74) is 13.0. The fourth-order valence-corrected chi connectivity index (χ4v) is 7.15. The highest BCUT2D eigenvalue weighted by molar-refractivity contribution is 7.14. The Hall–Kier alpha value is -4.93. The molecule has 220 valence electrons. The average molecular weight is 607 g/mol. The quantitative estimate of drug-likeness (QED) is 0.223. The van der Waals surface area contributed by atoms with E-state index >= 15 is 0 Å². The predicted molar refractivity (Wildman–Crippen MR) is 165 cm³/mol. The van der Waals surface area contributed by atoms with Gasteiger partial charge in [-0.3, -0.25) is 19.2 Å². The van der Waals surface area contributed by atoms with Crippen molar-refractivity contribution in [3.8, 4) is 33.5 Å². The van der Waals surface area contributed by atoms with Crippen LogP contribution in [0.5, 0.6) is 0 Å². The van der Waals surface area contributed by atoms with E-state index in [0.717, 1.165) is 57.8 Å². The van der Waals surface area contributed by atoms with Crippen molar-refractivity contribution in [2.75, 3.05) is 6.54 Å². The van der Waals surface area contributed by atoms with Gasteiger partial charge in [-0.1, -0.05) is 42.5 Å². The number of hydrogen-bond donors (Lipinski definition) is 2. The number of halogens is 1. The van der Waals surface area contributed by atoms with Crippen LogP contribution in [-0.2, 0) is 19.4 Å². The van der Waals surface area contributed by atoms with Gasteiger partial charge in [0.2, 0.25) is 0 Å². The molecule has 2 aliphatic rings. The molecule has 0 spiro atoms. The summed E-state index contributed by atoms with van der Waals surface area (Å²) >= 11 is 1.32. The molecule has 2 aliphatic heterocycles. The van der Waals surface area contributed by atoms with Gasteiger partial charge in [-0.25, -0.2) is 9.18 Å². The number of carboxylic acid groups (broad SMARTS) is 1. The van der Waals surface area contributed by atoms with Crippen LogP contribution >= 0.6 is 11.3 Å². The topological polar surface area (TPSA) is 119 Å². The number of aryl methyl sites for hydroxylation is 2. The van der Waals surface area contributed by atoms with E-state index in [0.29, 0.717) is 28.0 Å². The summed E-state index contributed by atoms with van der Waals surface area (Å²) in [6, 6.07) is 20.5. The molecule has 3 N–H and O–H groups in total. The van der Waals surface area contributed by atoms with Gasteiger partial charge in [0.05, 0.1) is 23.0 Å². The normalized spacial score (nSPS) is 14.6. The number of hydrogen-bond acceptors (Lipinski definition) is 6. The van der Waals surface area contributed by atoms with Crippen molar-refractivity contribution in [2.45, 2.75) is 31.8 Å². The number of nitrogens with zero attached hydrogens (tertiary/aromatic N) is 3.